The van der Waals surface area contributed by atoms with Gasteiger partial charge in [0.2, 0.25) is 0 Å². The van der Waals surface area contributed by atoms with Crippen LogP contribution >= 0.6 is 0 Å². The summed E-state index contributed by atoms with van der Waals surface area (Å²) in [5.74, 6) is 0.115. The Balaban J connectivity index is 1.83. The first kappa shape index (κ1) is 16.7. The van der Waals surface area contributed by atoms with Crippen LogP contribution in [0, 0.1) is 5.92 Å². The van der Waals surface area contributed by atoms with Crippen LogP contribution in [-0.4, -0.2) is 24.8 Å². The molecule has 2 rings (SSSR count). The topological polar surface area (TPSA) is 67.8 Å². The molecule has 2 N–H and O–H groups in total. The summed E-state index contributed by atoms with van der Waals surface area (Å²) in [6.45, 7) is 2.49. The van der Waals surface area contributed by atoms with Crippen molar-refractivity contribution in [3.8, 4) is 11.5 Å². The van der Waals surface area contributed by atoms with Crippen LogP contribution in [0.5, 0.6) is 11.5 Å². The van der Waals surface area contributed by atoms with E-state index in [1.165, 1.54) is 0 Å². The molecule has 122 valence electrons. The first-order chi connectivity index (χ1) is 11.1. The van der Waals surface area contributed by atoms with Crippen molar-refractivity contribution in [1.29, 1.82) is 0 Å². The molecule has 0 radical (unpaired) electrons. The van der Waals surface area contributed by atoms with Crippen molar-refractivity contribution in [2.75, 3.05) is 19.0 Å². The van der Waals surface area contributed by atoms with Crippen molar-refractivity contribution < 1.29 is 19.4 Å². The van der Waals surface area contributed by atoms with E-state index in [-0.39, 0.29) is 6.61 Å². The van der Waals surface area contributed by atoms with E-state index in [2.05, 4.69) is 5.32 Å². The number of carboxylic acid groups (broad SMARTS) is 1. The third-order valence-corrected chi connectivity index (χ3v) is 3.43. The van der Waals surface area contributed by atoms with Crippen molar-refractivity contribution in [2.45, 2.75) is 13.5 Å². The summed E-state index contributed by atoms with van der Waals surface area (Å²) in [6, 6.07) is 15.3. The lowest BCUT2D eigenvalue weighted by atomic mass is 10.2. The number of hydrogen-bond acceptors (Lipinski definition) is 4. The normalized spacial score (nSPS) is 11.6. The van der Waals surface area contributed by atoms with Gasteiger partial charge in [-0.2, -0.15) is 0 Å². The monoisotopic (exact) mass is 315 g/mol. The van der Waals surface area contributed by atoms with Gasteiger partial charge in [-0.05, 0) is 48.9 Å². The van der Waals surface area contributed by atoms with Crippen molar-refractivity contribution in [3.63, 3.8) is 0 Å². The Morgan fingerprint density at radius 1 is 1.09 bits per heavy atom. The molecule has 0 aliphatic rings. The predicted molar refractivity (Wildman–Crippen MR) is 89.1 cm³/mol. The Morgan fingerprint density at radius 2 is 1.70 bits per heavy atom. The van der Waals surface area contributed by atoms with E-state index < -0.39 is 11.9 Å². The predicted octanol–water partition coefficient (Wildman–Crippen LogP) is 3.41. The average molecular weight is 315 g/mol. The SMILES string of the molecule is COc1ccc(CNc2ccc(OCC(C)C(=O)O)cc2)cc1. The Labute approximate surface area is 135 Å². The van der Waals surface area contributed by atoms with Crippen LogP contribution < -0.4 is 14.8 Å². The van der Waals surface area contributed by atoms with Gasteiger partial charge in [0.05, 0.1) is 13.0 Å². The standard InChI is InChI=1S/C18H21NO4/c1-13(18(20)21)12-23-17-9-5-15(6-10-17)19-11-14-3-7-16(22-2)8-4-14/h3-10,13,19H,11-12H2,1-2H3,(H,20,21). The molecule has 0 aliphatic carbocycles. The molecule has 5 nitrogen and oxygen atoms in total. The van der Waals surface area contributed by atoms with E-state index in [0.29, 0.717) is 12.3 Å². The fourth-order valence-corrected chi connectivity index (χ4v) is 1.91. The summed E-state index contributed by atoms with van der Waals surface area (Å²) in [4.78, 5) is 10.7. The summed E-state index contributed by atoms with van der Waals surface area (Å²) in [5, 5.41) is 12.1. The molecule has 0 fully saturated rings. The molecular weight excluding hydrogens is 294 g/mol. The van der Waals surface area contributed by atoms with Gasteiger partial charge in [-0.1, -0.05) is 12.1 Å². The van der Waals surface area contributed by atoms with E-state index in [4.69, 9.17) is 14.6 Å². The van der Waals surface area contributed by atoms with Gasteiger partial charge in [-0.3, -0.25) is 4.79 Å². The third-order valence-electron chi connectivity index (χ3n) is 3.43. The molecule has 0 aromatic heterocycles. The van der Waals surface area contributed by atoms with Gasteiger partial charge < -0.3 is 19.9 Å². The summed E-state index contributed by atoms with van der Waals surface area (Å²) < 4.78 is 10.6. The quantitative estimate of drug-likeness (QED) is 0.781. The van der Waals surface area contributed by atoms with Gasteiger partial charge in [-0.15, -0.1) is 0 Å². The number of anilines is 1. The highest BCUT2D eigenvalue weighted by atomic mass is 16.5. The number of ether oxygens (including phenoxy) is 2. The number of methoxy groups -OCH3 is 1. The maximum atomic E-state index is 10.7. The van der Waals surface area contributed by atoms with Gasteiger partial charge in [0.15, 0.2) is 0 Å². The average Bonchev–Trinajstić information content (AvgIpc) is 2.59. The van der Waals surface area contributed by atoms with E-state index in [1.807, 2.05) is 48.5 Å². The van der Waals surface area contributed by atoms with Crippen LogP contribution in [0.25, 0.3) is 0 Å². The Kier molecular flexibility index (Phi) is 5.86. The van der Waals surface area contributed by atoms with E-state index >= 15 is 0 Å². The fourth-order valence-electron chi connectivity index (χ4n) is 1.91. The van der Waals surface area contributed by atoms with Crippen molar-refractivity contribution in [3.05, 3.63) is 54.1 Å². The zero-order valence-corrected chi connectivity index (χ0v) is 13.3. The molecule has 0 amide bonds. The molecule has 0 heterocycles. The molecule has 0 saturated heterocycles. The molecule has 0 saturated carbocycles. The maximum Gasteiger partial charge on any atom is 0.309 e. The lowest BCUT2D eigenvalue weighted by molar-refractivity contribution is -0.142. The Hall–Kier alpha value is -2.69. The van der Waals surface area contributed by atoms with Crippen LogP contribution in [0.3, 0.4) is 0 Å². The number of benzene rings is 2. The number of carboxylic acids is 1. The first-order valence-electron chi connectivity index (χ1n) is 7.41. The summed E-state index contributed by atoms with van der Waals surface area (Å²) in [6.07, 6.45) is 0. The van der Waals surface area contributed by atoms with Gasteiger partial charge in [0.1, 0.15) is 18.1 Å². The molecule has 5 heteroatoms. The van der Waals surface area contributed by atoms with Crippen molar-refractivity contribution in [2.24, 2.45) is 5.92 Å². The lowest BCUT2D eigenvalue weighted by Gasteiger charge is -2.11. The zero-order valence-electron chi connectivity index (χ0n) is 13.3. The highest BCUT2D eigenvalue weighted by Crippen LogP contribution is 2.18. The largest absolute Gasteiger partial charge is 0.497 e. The molecule has 2 aromatic rings. The third kappa shape index (κ3) is 5.21. The Morgan fingerprint density at radius 3 is 2.26 bits per heavy atom. The highest BCUT2D eigenvalue weighted by Gasteiger charge is 2.11. The van der Waals surface area contributed by atoms with Crippen molar-refractivity contribution in [1.82, 2.24) is 0 Å². The van der Waals surface area contributed by atoms with Crippen LogP contribution in [0.2, 0.25) is 0 Å². The summed E-state index contributed by atoms with van der Waals surface area (Å²) in [7, 11) is 1.65. The van der Waals surface area contributed by atoms with Gasteiger partial charge in [-0.25, -0.2) is 0 Å². The molecule has 0 spiro atoms. The highest BCUT2D eigenvalue weighted by molar-refractivity contribution is 5.69. The van der Waals surface area contributed by atoms with Crippen LogP contribution in [0.15, 0.2) is 48.5 Å². The molecule has 1 atom stereocenters. The minimum atomic E-state index is -0.859. The van der Waals surface area contributed by atoms with Crippen LogP contribution in [-0.2, 0) is 11.3 Å². The van der Waals surface area contributed by atoms with Crippen LogP contribution in [0.4, 0.5) is 5.69 Å². The van der Waals surface area contributed by atoms with E-state index in [9.17, 15) is 4.79 Å². The maximum absolute atomic E-state index is 10.7. The number of aliphatic carboxylic acids is 1. The second-order valence-corrected chi connectivity index (χ2v) is 5.28. The second kappa shape index (κ2) is 8.08. The molecule has 0 bridgehead atoms. The van der Waals surface area contributed by atoms with E-state index in [1.54, 1.807) is 14.0 Å². The van der Waals surface area contributed by atoms with Gasteiger partial charge in [0, 0.05) is 12.2 Å². The summed E-state index contributed by atoms with van der Waals surface area (Å²) in [5.41, 5.74) is 2.13. The molecular formula is C18H21NO4. The molecule has 0 aliphatic heterocycles. The van der Waals surface area contributed by atoms with Crippen molar-refractivity contribution >= 4 is 11.7 Å². The first-order valence-corrected chi connectivity index (χ1v) is 7.41. The van der Waals surface area contributed by atoms with E-state index in [0.717, 1.165) is 17.0 Å². The lowest BCUT2D eigenvalue weighted by Crippen LogP contribution is -2.17. The minimum Gasteiger partial charge on any atom is -0.497 e. The fraction of sp³-hybridized carbons (Fsp3) is 0.278. The number of carbonyl (C=O) groups is 1. The molecule has 1 unspecified atom stereocenters. The molecule has 2 aromatic carbocycles. The van der Waals surface area contributed by atoms with Crippen LogP contribution in [0.1, 0.15) is 12.5 Å². The summed E-state index contributed by atoms with van der Waals surface area (Å²) >= 11 is 0. The zero-order chi connectivity index (χ0) is 16.7. The van der Waals surface area contributed by atoms with Gasteiger partial charge >= 0.3 is 5.97 Å². The Bertz CT molecular complexity index is 622. The second-order valence-electron chi connectivity index (χ2n) is 5.28. The minimum absolute atomic E-state index is 0.161. The molecule has 23 heavy (non-hydrogen) atoms. The number of rotatable bonds is 8. The smallest absolute Gasteiger partial charge is 0.309 e. The van der Waals surface area contributed by atoms with Gasteiger partial charge in [0.25, 0.3) is 0 Å². The number of hydrogen-bond donors (Lipinski definition) is 2. The number of nitrogens with one attached hydrogen (secondary N) is 1.